The van der Waals surface area contributed by atoms with E-state index < -0.39 is 0 Å². The molecular formula is C16H26N2. The zero-order valence-corrected chi connectivity index (χ0v) is 11.9. The van der Waals surface area contributed by atoms with Gasteiger partial charge in [0.25, 0.3) is 0 Å². The largest absolute Gasteiger partial charge is 0.322 e. The highest BCUT2D eigenvalue weighted by molar-refractivity contribution is 5.27. The lowest BCUT2D eigenvalue weighted by atomic mass is 9.87. The number of aryl methyl sites for hydroxylation is 1. The van der Waals surface area contributed by atoms with Crippen molar-refractivity contribution in [3.8, 4) is 0 Å². The molecule has 0 aliphatic carbocycles. The number of nitrogens with zero attached hydrogens (tertiary/aromatic N) is 1. The van der Waals surface area contributed by atoms with Gasteiger partial charge < -0.3 is 5.73 Å². The van der Waals surface area contributed by atoms with Gasteiger partial charge in [0.05, 0.1) is 0 Å². The molecule has 0 bridgehead atoms. The Bertz CT molecular complexity index is 375. The second-order valence-electron chi connectivity index (χ2n) is 5.92. The Morgan fingerprint density at radius 3 is 2.22 bits per heavy atom. The maximum absolute atomic E-state index is 6.50. The Kier molecular flexibility index (Phi) is 4.08. The van der Waals surface area contributed by atoms with E-state index >= 15 is 0 Å². The zero-order valence-electron chi connectivity index (χ0n) is 11.9. The van der Waals surface area contributed by atoms with Crippen molar-refractivity contribution in [1.82, 2.24) is 4.90 Å². The van der Waals surface area contributed by atoms with E-state index in [9.17, 15) is 0 Å². The lowest BCUT2D eigenvalue weighted by molar-refractivity contribution is 0.124. The Morgan fingerprint density at radius 2 is 1.72 bits per heavy atom. The fraction of sp³-hybridized carbons (Fsp3) is 0.625. The predicted octanol–water partition coefficient (Wildman–Crippen LogP) is 3.12. The first-order chi connectivity index (χ1) is 8.55. The quantitative estimate of drug-likeness (QED) is 0.884. The molecule has 18 heavy (non-hydrogen) atoms. The van der Waals surface area contributed by atoms with E-state index in [2.05, 4.69) is 49.9 Å². The van der Waals surface area contributed by atoms with Crippen LogP contribution in [-0.2, 0) is 6.42 Å². The summed E-state index contributed by atoms with van der Waals surface area (Å²) in [4.78, 5) is 2.53. The SMILES string of the molecule is CCc1ccc(C(N)C(C)(C)N2CCCC2)cc1. The molecule has 2 N–H and O–H groups in total. The van der Waals surface area contributed by atoms with Crippen LogP contribution in [0, 0.1) is 0 Å². The Balaban J connectivity index is 2.15. The summed E-state index contributed by atoms with van der Waals surface area (Å²) in [5.41, 5.74) is 9.18. The second-order valence-corrected chi connectivity index (χ2v) is 5.92. The first-order valence-corrected chi connectivity index (χ1v) is 7.15. The molecule has 0 radical (unpaired) electrons. The highest BCUT2D eigenvalue weighted by Crippen LogP contribution is 2.31. The molecule has 0 aromatic heterocycles. The minimum absolute atomic E-state index is 0.0459. The molecule has 1 aliphatic heterocycles. The van der Waals surface area contributed by atoms with Crippen LogP contribution < -0.4 is 5.73 Å². The van der Waals surface area contributed by atoms with Gasteiger partial charge in [-0.3, -0.25) is 4.90 Å². The number of hydrogen-bond donors (Lipinski definition) is 1. The van der Waals surface area contributed by atoms with Crippen molar-refractivity contribution in [3.05, 3.63) is 35.4 Å². The van der Waals surface area contributed by atoms with Crippen LogP contribution in [0.5, 0.6) is 0 Å². The average Bonchev–Trinajstić information content (AvgIpc) is 2.92. The molecule has 1 unspecified atom stereocenters. The minimum Gasteiger partial charge on any atom is -0.322 e. The van der Waals surface area contributed by atoms with E-state index in [4.69, 9.17) is 5.73 Å². The third-order valence-electron chi connectivity index (χ3n) is 4.43. The summed E-state index contributed by atoms with van der Waals surface area (Å²) in [6.45, 7) is 9.11. The molecule has 1 heterocycles. The molecule has 1 fully saturated rings. The number of benzene rings is 1. The summed E-state index contributed by atoms with van der Waals surface area (Å²) < 4.78 is 0. The van der Waals surface area contributed by atoms with E-state index in [1.807, 2.05) is 0 Å². The van der Waals surface area contributed by atoms with Crippen LogP contribution in [0.15, 0.2) is 24.3 Å². The summed E-state index contributed by atoms with van der Waals surface area (Å²) in [5, 5.41) is 0. The van der Waals surface area contributed by atoms with Gasteiger partial charge in [0, 0.05) is 11.6 Å². The van der Waals surface area contributed by atoms with Gasteiger partial charge in [0.15, 0.2) is 0 Å². The molecular weight excluding hydrogens is 220 g/mol. The molecule has 0 saturated carbocycles. The molecule has 1 aromatic carbocycles. The van der Waals surface area contributed by atoms with Gasteiger partial charge in [0.1, 0.15) is 0 Å². The standard InChI is InChI=1S/C16H26N2/c1-4-13-7-9-14(10-8-13)15(17)16(2,3)18-11-5-6-12-18/h7-10,15H,4-6,11-12,17H2,1-3H3. The zero-order chi connectivity index (χ0) is 13.2. The first-order valence-electron chi connectivity index (χ1n) is 7.15. The lowest BCUT2D eigenvalue weighted by Gasteiger charge is -2.40. The number of rotatable bonds is 4. The average molecular weight is 246 g/mol. The third-order valence-corrected chi connectivity index (χ3v) is 4.43. The smallest absolute Gasteiger partial charge is 0.0476 e. The van der Waals surface area contributed by atoms with Gasteiger partial charge in [-0.2, -0.15) is 0 Å². The summed E-state index contributed by atoms with van der Waals surface area (Å²) >= 11 is 0. The van der Waals surface area contributed by atoms with Crippen molar-refractivity contribution in [2.75, 3.05) is 13.1 Å². The monoisotopic (exact) mass is 246 g/mol. The van der Waals surface area contributed by atoms with Crippen molar-refractivity contribution in [1.29, 1.82) is 0 Å². The fourth-order valence-corrected chi connectivity index (χ4v) is 2.86. The molecule has 2 nitrogen and oxygen atoms in total. The number of likely N-dealkylation sites (tertiary alicyclic amines) is 1. The topological polar surface area (TPSA) is 29.3 Å². The number of nitrogens with two attached hydrogens (primary N) is 1. The van der Waals surface area contributed by atoms with Crippen molar-refractivity contribution in [2.24, 2.45) is 5.73 Å². The molecule has 1 atom stereocenters. The van der Waals surface area contributed by atoms with Gasteiger partial charge in [0.2, 0.25) is 0 Å². The van der Waals surface area contributed by atoms with E-state index in [0.717, 1.165) is 6.42 Å². The summed E-state index contributed by atoms with van der Waals surface area (Å²) in [6, 6.07) is 8.88. The Hall–Kier alpha value is -0.860. The Labute approximate surface area is 111 Å². The van der Waals surface area contributed by atoms with Crippen molar-refractivity contribution >= 4 is 0 Å². The molecule has 0 spiro atoms. The molecule has 100 valence electrons. The summed E-state index contributed by atoms with van der Waals surface area (Å²) in [6.07, 6.45) is 3.71. The van der Waals surface area contributed by atoms with Gasteiger partial charge in [-0.25, -0.2) is 0 Å². The van der Waals surface area contributed by atoms with Crippen LogP contribution in [0.3, 0.4) is 0 Å². The van der Waals surface area contributed by atoms with Crippen LogP contribution in [0.4, 0.5) is 0 Å². The number of hydrogen-bond acceptors (Lipinski definition) is 2. The van der Waals surface area contributed by atoms with Gasteiger partial charge in [-0.1, -0.05) is 31.2 Å². The van der Waals surface area contributed by atoms with Gasteiger partial charge >= 0.3 is 0 Å². The van der Waals surface area contributed by atoms with Crippen LogP contribution in [-0.4, -0.2) is 23.5 Å². The minimum atomic E-state index is 0.0459. The lowest BCUT2D eigenvalue weighted by Crippen LogP contribution is -2.49. The molecule has 1 aliphatic rings. The van der Waals surface area contributed by atoms with E-state index in [1.54, 1.807) is 0 Å². The second kappa shape index (κ2) is 5.41. The Morgan fingerprint density at radius 1 is 1.17 bits per heavy atom. The van der Waals surface area contributed by atoms with E-state index in [-0.39, 0.29) is 11.6 Å². The fourth-order valence-electron chi connectivity index (χ4n) is 2.86. The molecule has 2 rings (SSSR count). The van der Waals surface area contributed by atoms with Crippen LogP contribution in [0.2, 0.25) is 0 Å². The molecule has 2 heteroatoms. The van der Waals surface area contributed by atoms with Gasteiger partial charge in [-0.05, 0) is 57.3 Å². The molecule has 0 amide bonds. The highest BCUT2D eigenvalue weighted by Gasteiger charge is 2.35. The third kappa shape index (κ3) is 2.60. The maximum Gasteiger partial charge on any atom is 0.0476 e. The van der Waals surface area contributed by atoms with E-state index in [1.165, 1.54) is 37.1 Å². The maximum atomic E-state index is 6.50. The van der Waals surface area contributed by atoms with Crippen LogP contribution in [0.1, 0.15) is 50.8 Å². The van der Waals surface area contributed by atoms with Crippen molar-refractivity contribution < 1.29 is 0 Å². The van der Waals surface area contributed by atoms with Crippen LogP contribution in [0.25, 0.3) is 0 Å². The predicted molar refractivity (Wildman–Crippen MR) is 77.6 cm³/mol. The summed E-state index contributed by atoms with van der Waals surface area (Å²) in [7, 11) is 0. The summed E-state index contributed by atoms with van der Waals surface area (Å²) in [5.74, 6) is 0. The van der Waals surface area contributed by atoms with Crippen LogP contribution >= 0.6 is 0 Å². The van der Waals surface area contributed by atoms with Crippen molar-refractivity contribution in [2.45, 2.75) is 51.6 Å². The highest BCUT2D eigenvalue weighted by atomic mass is 15.2. The van der Waals surface area contributed by atoms with Gasteiger partial charge in [-0.15, -0.1) is 0 Å². The normalized spacial score (nSPS) is 19.1. The van der Waals surface area contributed by atoms with Crippen molar-refractivity contribution in [3.63, 3.8) is 0 Å². The molecule has 1 saturated heterocycles. The first kappa shape index (κ1) is 13.6. The molecule has 1 aromatic rings. The van der Waals surface area contributed by atoms with E-state index in [0.29, 0.717) is 0 Å².